The minimum Gasteiger partial charge on any atom is -0.493 e. The fourth-order valence-electron chi connectivity index (χ4n) is 2.11. The number of methoxy groups -OCH3 is 3. The number of halogens is 2. The lowest BCUT2D eigenvalue weighted by Crippen LogP contribution is -2.13. The number of hydrogen-bond acceptors (Lipinski definition) is 5. The monoisotopic (exact) mass is 370 g/mol. The summed E-state index contributed by atoms with van der Waals surface area (Å²) in [6.07, 6.45) is 0. The van der Waals surface area contributed by atoms with Gasteiger partial charge >= 0.3 is 0 Å². The minimum atomic E-state index is -0.442. The van der Waals surface area contributed by atoms with E-state index in [1.165, 1.54) is 45.6 Å². The second-order valence-corrected chi connectivity index (χ2v) is 5.54. The molecule has 6 nitrogen and oxygen atoms in total. The Bertz CT molecular complexity index is 733. The van der Waals surface area contributed by atoms with E-state index in [4.69, 9.17) is 43.1 Å². The molecule has 1 amide bonds. The molecule has 0 aliphatic rings. The van der Waals surface area contributed by atoms with Crippen LogP contribution in [0.2, 0.25) is 10.0 Å². The third-order valence-electron chi connectivity index (χ3n) is 3.23. The first-order valence-electron chi connectivity index (χ1n) is 6.77. The standard InChI is InChI=1S/C16H16Cl2N2O4/c1-22-12-4-8(5-13(23-2)15(12)24-3)16(21)20-14-10(17)6-9(19)7-11(14)18/h4-7H,19H2,1-3H3,(H,20,21). The van der Waals surface area contributed by atoms with Crippen LogP contribution in [0.3, 0.4) is 0 Å². The molecular weight excluding hydrogens is 355 g/mol. The van der Waals surface area contributed by atoms with Gasteiger partial charge < -0.3 is 25.3 Å². The smallest absolute Gasteiger partial charge is 0.256 e. The molecule has 0 bridgehead atoms. The normalized spacial score (nSPS) is 10.2. The SMILES string of the molecule is COc1cc(C(=O)Nc2c(Cl)cc(N)cc2Cl)cc(OC)c1OC. The number of anilines is 2. The van der Waals surface area contributed by atoms with Gasteiger partial charge in [-0.3, -0.25) is 4.79 Å². The molecule has 2 rings (SSSR count). The van der Waals surface area contributed by atoms with E-state index in [1.807, 2.05) is 0 Å². The Morgan fingerprint density at radius 1 is 0.958 bits per heavy atom. The molecule has 0 aromatic heterocycles. The lowest BCUT2D eigenvalue weighted by Gasteiger charge is -2.15. The van der Waals surface area contributed by atoms with Gasteiger partial charge in [0, 0.05) is 11.3 Å². The van der Waals surface area contributed by atoms with Gasteiger partial charge in [-0.2, -0.15) is 0 Å². The summed E-state index contributed by atoms with van der Waals surface area (Å²) in [5.74, 6) is 0.663. The maximum Gasteiger partial charge on any atom is 0.256 e. The summed E-state index contributed by atoms with van der Waals surface area (Å²) in [7, 11) is 4.41. The highest BCUT2D eigenvalue weighted by molar-refractivity contribution is 6.40. The molecule has 2 aromatic rings. The van der Waals surface area contributed by atoms with E-state index < -0.39 is 5.91 Å². The molecule has 0 aliphatic carbocycles. The predicted octanol–water partition coefficient (Wildman–Crippen LogP) is 3.85. The molecule has 2 aromatic carbocycles. The molecule has 0 saturated carbocycles. The Morgan fingerprint density at radius 3 is 1.88 bits per heavy atom. The number of hydrogen-bond donors (Lipinski definition) is 2. The van der Waals surface area contributed by atoms with Crippen molar-refractivity contribution < 1.29 is 19.0 Å². The van der Waals surface area contributed by atoms with Crippen LogP contribution in [0.1, 0.15) is 10.4 Å². The van der Waals surface area contributed by atoms with E-state index in [2.05, 4.69) is 5.32 Å². The summed E-state index contributed by atoms with van der Waals surface area (Å²) in [5.41, 5.74) is 6.60. The summed E-state index contributed by atoms with van der Waals surface area (Å²) >= 11 is 12.2. The zero-order valence-corrected chi connectivity index (χ0v) is 14.8. The number of benzene rings is 2. The second kappa shape index (κ2) is 7.51. The van der Waals surface area contributed by atoms with E-state index in [0.29, 0.717) is 22.9 Å². The van der Waals surface area contributed by atoms with Gasteiger partial charge in [0.05, 0.1) is 37.1 Å². The first-order valence-corrected chi connectivity index (χ1v) is 7.52. The molecule has 0 saturated heterocycles. The quantitative estimate of drug-likeness (QED) is 0.780. The lowest BCUT2D eigenvalue weighted by atomic mass is 10.1. The van der Waals surface area contributed by atoms with Gasteiger partial charge in [-0.25, -0.2) is 0 Å². The third kappa shape index (κ3) is 3.60. The van der Waals surface area contributed by atoms with Gasteiger partial charge in [-0.05, 0) is 24.3 Å². The van der Waals surface area contributed by atoms with E-state index in [9.17, 15) is 4.79 Å². The molecule has 0 radical (unpaired) electrons. The fourth-order valence-corrected chi connectivity index (χ4v) is 2.71. The molecular formula is C16H16Cl2N2O4. The summed E-state index contributed by atoms with van der Waals surface area (Å²) in [4.78, 5) is 12.5. The second-order valence-electron chi connectivity index (χ2n) is 4.73. The number of nitrogens with two attached hydrogens (primary N) is 1. The Labute approximate surface area is 149 Å². The molecule has 0 aliphatic heterocycles. The van der Waals surface area contributed by atoms with Crippen molar-refractivity contribution in [1.82, 2.24) is 0 Å². The van der Waals surface area contributed by atoms with E-state index in [1.54, 1.807) is 0 Å². The summed E-state index contributed by atoms with van der Waals surface area (Å²) in [6, 6.07) is 6.04. The molecule has 3 N–H and O–H groups in total. The van der Waals surface area contributed by atoms with E-state index in [0.717, 1.165) is 0 Å². The Balaban J connectivity index is 2.40. The van der Waals surface area contributed by atoms with Crippen molar-refractivity contribution in [2.24, 2.45) is 0 Å². The molecule has 0 spiro atoms. The Kier molecular flexibility index (Phi) is 5.64. The molecule has 0 heterocycles. The number of carbonyl (C=O) groups is 1. The summed E-state index contributed by atoms with van der Waals surface area (Å²) < 4.78 is 15.7. The maximum absolute atomic E-state index is 12.5. The van der Waals surface area contributed by atoms with Crippen LogP contribution in [0.15, 0.2) is 24.3 Å². The zero-order chi connectivity index (χ0) is 17.9. The maximum atomic E-state index is 12.5. The van der Waals surface area contributed by atoms with Crippen molar-refractivity contribution in [3.8, 4) is 17.2 Å². The lowest BCUT2D eigenvalue weighted by molar-refractivity contribution is 0.102. The molecule has 24 heavy (non-hydrogen) atoms. The van der Waals surface area contributed by atoms with Crippen LogP contribution < -0.4 is 25.3 Å². The number of rotatable bonds is 5. The third-order valence-corrected chi connectivity index (χ3v) is 3.83. The van der Waals surface area contributed by atoms with E-state index in [-0.39, 0.29) is 21.3 Å². The van der Waals surface area contributed by atoms with Crippen molar-refractivity contribution >= 4 is 40.5 Å². The van der Waals surface area contributed by atoms with E-state index >= 15 is 0 Å². The van der Waals surface area contributed by atoms with Gasteiger partial charge in [0.2, 0.25) is 5.75 Å². The Morgan fingerprint density at radius 2 is 1.46 bits per heavy atom. The fraction of sp³-hybridized carbons (Fsp3) is 0.188. The molecule has 0 atom stereocenters. The van der Waals surface area contributed by atoms with Crippen molar-refractivity contribution in [2.45, 2.75) is 0 Å². The average Bonchev–Trinajstić information content (AvgIpc) is 2.56. The van der Waals surface area contributed by atoms with Crippen LogP contribution in [0.4, 0.5) is 11.4 Å². The molecule has 0 fully saturated rings. The van der Waals surface area contributed by atoms with Gasteiger partial charge in [0.25, 0.3) is 5.91 Å². The van der Waals surface area contributed by atoms with Crippen molar-refractivity contribution in [2.75, 3.05) is 32.4 Å². The molecule has 0 unspecified atom stereocenters. The minimum absolute atomic E-state index is 0.237. The topological polar surface area (TPSA) is 82.8 Å². The van der Waals surface area contributed by atoms with Crippen LogP contribution in [-0.4, -0.2) is 27.2 Å². The highest BCUT2D eigenvalue weighted by Gasteiger charge is 2.18. The van der Waals surface area contributed by atoms with Crippen LogP contribution in [-0.2, 0) is 0 Å². The first kappa shape index (κ1) is 18.0. The average molecular weight is 371 g/mol. The number of nitrogen functional groups attached to an aromatic ring is 1. The van der Waals surface area contributed by atoms with Crippen molar-refractivity contribution in [3.63, 3.8) is 0 Å². The largest absolute Gasteiger partial charge is 0.493 e. The number of ether oxygens (including phenoxy) is 3. The van der Waals surface area contributed by atoms with Crippen molar-refractivity contribution in [1.29, 1.82) is 0 Å². The first-order chi connectivity index (χ1) is 11.4. The van der Waals surface area contributed by atoms with Crippen LogP contribution >= 0.6 is 23.2 Å². The summed E-state index contributed by atoms with van der Waals surface area (Å²) in [5, 5.41) is 3.13. The summed E-state index contributed by atoms with van der Waals surface area (Å²) in [6.45, 7) is 0. The van der Waals surface area contributed by atoms with Gasteiger partial charge in [-0.15, -0.1) is 0 Å². The highest BCUT2D eigenvalue weighted by atomic mass is 35.5. The van der Waals surface area contributed by atoms with Crippen LogP contribution in [0, 0.1) is 0 Å². The van der Waals surface area contributed by atoms with Gasteiger partial charge in [0.15, 0.2) is 11.5 Å². The van der Waals surface area contributed by atoms with Crippen LogP contribution in [0.5, 0.6) is 17.2 Å². The number of nitrogens with one attached hydrogen (secondary N) is 1. The van der Waals surface area contributed by atoms with Gasteiger partial charge in [0.1, 0.15) is 0 Å². The van der Waals surface area contributed by atoms with Gasteiger partial charge in [-0.1, -0.05) is 23.2 Å². The molecule has 128 valence electrons. The number of carbonyl (C=O) groups excluding carboxylic acids is 1. The highest BCUT2D eigenvalue weighted by Crippen LogP contribution is 2.39. The Hall–Kier alpha value is -2.31. The zero-order valence-electron chi connectivity index (χ0n) is 13.3. The van der Waals surface area contributed by atoms with Crippen molar-refractivity contribution in [3.05, 3.63) is 39.9 Å². The predicted molar refractivity (Wildman–Crippen MR) is 94.9 cm³/mol. The number of amides is 1. The molecule has 8 heteroatoms. The van der Waals surface area contributed by atoms with Crippen LogP contribution in [0.25, 0.3) is 0 Å².